The van der Waals surface area contributed by atoms with Crippen molar-refractivity contribution in [3.8, 4) is 5.75 Å². The summed E-state index contributed by atoms with van der Waals surface area (Å²) in [5.74, 6) is 0.0673. The highest BCUT2D eigenvalue weighted by Gasteiger charge is 2.15. The Kier molecular flexibility index (Phi) is 5.15. The van der Waals surface area contributed by atoms with Crippen molar-refractivity contribution in [2.75, 3.05) is 5.73 Å². The van der Waals surface area contributed by atoms with E-state index < -0.39 is 0 Å². The minimum atomic E-state index is 0.0673. The van der Waals surface area contributed by atoms with Gasteiger partial charge in [0.15, 0.2) is 0 Å². The van der Waals surface area contributed by atoms with Crippen LogP contribution >= 0.6 is 12.0 Å². The van der Waals surface area contributed by atoms with Gasteiger partial charge < -0.3 is 10.8 Å². The molecule has 0 saturated heterocycles. The molecule has 7 nitrogen and oxygen atoms in total. The van der Waals surface area contributed by atoms with Gasteiger partial charge in [-0.1, -0.05) is 23.2 Å². The molecule has 3 aromatic carbocycles. The zero-order valence-corrected chi connectivity index (χ0v) is 14.0. The third-order valence-corrected chi connectivity index (χ3v) is 4.41. The SMILES string of the molecule is Cc1c(SOOO)cc2c(N=Nc3ccccc3)c(N)ccc2c1O. The van der Waals surface area contributed by atoms with E-state index in [1.54, 1.807) is 25.1 Å². The molecule has 0 aliphatic carbocycles. The number of hydrogen-bond donors (Lipinski definition) is 3. The Labute approximate surface area is 147 Å². The van der Waals surface area contributed by atoms with Gasteiger partial charge in [-0.3, -0.25) is 0 Å². The highest BCUT2D eigenvalue weighted by molar-refractivity contribution is 7.94. The molecule has 0 spiro atoms. The van der Waals surface area contributed by atoms with Crippen LogP contribution in [0.25, 0.3) is 10.8 Å². The molecule has 0 radical (unpaired) electrons. The summed E-state index contributed by atoms with van der Waals surface area (Å²) in [5, 5.41) is 32.1. The number of hydrogen-bond acceptors (Lipinski definition) is 8. The predicted octanol–water partition coefficient (Wildman–Crippen LogP) is 5.28. The maximum atomic E-state index is 10.5. The van der Waals surface area contributed by atoms with Gasteiger partial charge in [0.05, 0.1) is 23.4 Å². The van der Waals surface area contributed by atoms with Crippen LogP contribution in [-0.2, 0) is 9.37 Å². The van der Waals surface area contributed by atoms with Crippen LogP contribution in [-0.4, -0.2) is 10.4 Å². The molecule has 0 heterocycles. The van der Waals surface area contributed by atoms with Crippen molar-refractivity contribution in [1.29, 1.82) is 0 Å². The number of anilines is 1. The van der Waals surface area contributed by atoms with Gasteiger partial charge in [-0.2, -0.15) is 5.11 Å². The number of azo groups is 1. The summed E-state index contributed by atoms with van der Waals surface area (Å²) < 4.78 is 4.48. The zero-order chi connectivity index (χ0) is 17.8. The zero-order valence-electron chi connectivity index (χ0n) is 13.2. The fourth-order valence-corrected chi connectivity index (χ4v) is 2.88. The lowest BCUT2D eigenvalue weighted by Crippen LogP contribution is -1.90. The van der Waals surface area contributed by atoms with Gasteiger partial charge in [0.2, 0.25) is 0 Å². The number of fused-ring (bicyclic) bond motifs is 1. The second kappa shape index (κ2) is 7.49. The molecule has 4 N–H and O–H groups in total. The Morgan fingerprint density at radius 1 is 1.04 bits per heavy atom. The molecule has 0 aromatic heterocycles. The largest absolute Gasteiger partial charge is 0.507 e. The molecule has 0 saturated carbocycles. The first-order valence-corrected chi connectivity index (χ1v) is 8.02. The van der Waals surface area contributed by atoms with Crippen LogP contribution < -0.4 is 5.73 Å². The summed E-state index contributed by atoms with van der Waals surface area (Å²) in [5.41, 5.74) is 8.16. The summed E-state index contributed by atoms with van der Waals surface area (Å²) in [7, 11) is 0. The molecular formula is C17H15N3O4S. The van der Waals surface area contributed by atoms with E-state index in [1.807, 2.05) is 30.3 Å². The standard InChI is InChI=1S/C17H15N3O4S/c1-10-15(25-24-23-22)9-13-12(17(10)21)7-8-14(18)16(13)20-19-11-5-3-2-4-6-11/h2-9,21-22H,18H2,1H3. The first-order valence-electron chi connectivity index (χ1n) is 7.28. The average Bonchev–Trinajstić information content (AvgIpc) is 2.63. The number of rotatable bonds is 5. The Hall–Kier alpha value is -2.65. The molecule has 0 fully saturated rings. The van der Waals surface area contributed by atoms with Gasteiger partial charge in [-0.25, -0.2) is 5.26 Å². The smallest absolute Gasteiger partial charge is 0.127 e. The third kappa shape index (κ3) is 3.57. The summed E-state index contributed by atoms with van der Waals surface area (Å²) in [6, 6.07) is 14.4. The Morgan fingerprint density at radius 3 is 2.52 bits per heavy atom. The van der Waals surface area contributed by atoms with Crippen LogP contribution in [0.5, 0.6) is 5.75 Å². The second-order valence-electron chi connectivity index (χ2n) is 5.21. The number of phenolic OH excluding ortho intramolecular Hbond substituents is 1. The highest BCUT2D eigenvalue weighted by Crippen LogP contribution is 2.42. The molecule has 0 atom stereocenters. The topological polar surface area (TPSA) is 110 Å². The number of aromatic hydroxyl groups is 1. The minimum absolute atomic E-state index is 0.0673. The molecule has 0 aliphatic rings. The highest BCUT2D eigenvalue weighted by atomic mass is 32.2. The van der Waals surface area contributed by atoms with Gasteiger partial charge in [0.1, 0.15) is 11.4 Å². The van der Waals surface area contributed by atoms with E-state index in [4.69, 9.17) is 11.0 Å². The molecule has 25 heavy (non-hydrogen) atoms. The van der Waals surface area contributed by atoms with Crippen LogP contribution in [0.1, 0.15) is 5.56 Å². The summed E-state index contributed by atoms with van der Waals surface area (Å²) in [6.07, 6.45) is 0. The lowest BCUT2D eigenvalue weighted by molar-refractivity contribution is -0.432. The molecule has 8 heteroatoms. The van der Waals surface area contributed by atoms with E-state index >= 15 is 0 Å². The molecule has 0 aliphatic heterocycles. The van der Waals surface area contributed by atoms with Gasteiger partial charge >= 0.3 is 0 Å². The first kappa shape index (κ1) is 17.2. The van der Waals surface area contributed by atoms with Crippen molar-refractivity contribution in [2.45, 2.75) is 11.8 Å². The monoisotopic (exact) mass is 357 g/mol. The van der Waals surface area contributed by atoms with Crippen molar-refractivity contribution >= 4 is 39.9 Å². The second-order valence-corrected chi connectivity index (χ2v) is 5.95. The summed E-state index contributed by atoms with van der Waals surface area (Å²) >= 11 is 0.760. The van der Waals surface area contributed by atoms with E-state index in [-0.39, 0.29) is 5.75 Å². The molecule has 3 rings (SSSR count). The van der Waals surface area contributed by atoms with Crippen molar-refractivity contribution < 1.29 is 19.7 Å². The molecule has 0 unspecified atom stereocenters. The average molecular weight is 357 g/mol. The Bertz CT molecular complexity index is 932. The van der Waals surface area contributed by atoms with Crippen LogP contribution in [0.2, 0.25) is 0 Å². The Morgan fingerprint density at radius 2 is 1.80 bits per heavy atom. The summed E-state index contributed by atoms with van der Waals surface area (Å²) in [4.78, 5) is 0.542. The van der Waals surface area contributed by atoms with Crippen molar-refractivity contribution in [2.24, 2.45) is 10.2 Å². The lowest BCUT2D eigenvalue weighted by atomic mass is 10.0. The van der Waals surface area contributed by atoms with E-state index in [0.29, 0.717) is 38.3 Å². The van der Waals surface area contributed by atoms with Gasteiger partial charge in [0.25, 0.3) is 0 Å². The molecule has 0 amide bonds. The van der Waals surface area contributed by atoms with Crippen molar-refractivity contribution in [3.05, 3.63) is 54.1 Å². The fraction of sp³-hybridized carbons (Fsp3) is 0.0588. The first-order chi connectivity index (χ1) is 12.1. The lowest BCUT2D eigenvalue weighted by Gasteiger charge is -2.12. The predicted molar refractivity (Wildman–Crippen MR) is 96.0 cm³/mol. The van der Waals surface area contributed by atoms with Crippen molar-refractivity contribution in [3.63, 3.8) is 0 Å². The van der Waals surface area contributed by atoms with Crippen LogP contribution in [0.3, 0.4) is 0 Å². The van der Waals surface area contributed by atoms with E-state index in [9.17, 15) is 5.11 Å². The molecule has 3 aromatic rings. The van der Waals surface area contributed by atoms with Crippen LogP contribution in [0.4, 0.5) is 17.1 Å². The fourth-order valence-electron chi connectivity index (χ4n) is 2.39. The number of benzene rings is 3. The molecule has 128 valence electrons. The maximum Gasteiger partial charge on any atom is 0.127 e. The van der Waals surface area contributed by atoms with E-state index in [2.05, 4.69) is 19.6 Å². The van der Waals surface area contributed by atoms with E-state index in [1.165, 1.54) is 0 Å². The van der Waals surface area contributed by atoms with Gasteiger partial charge in [0, 0.05) is 21.2 Å². The number of nitrogens with zero attached hydrogens (tertiary/aromatic N) is 2. The quantitative estimate of drug-likeness (QED) is 0.188. The van der Waals surface area contributed by atoms with E-state index in [0.717, 1.165) is 12.0 Å². The molecular weight excluding hydrogens is 342 g/mol. The third-order valence-electron chi connectivity index (χ3n) is 3.68. The number of nitrogen functional groups attached to an aromatic ring is 1. The van der Waals surface area contributed by atoms with Crippen LogP contribution in [0, 0.1) is 6.92 Å². The Balaban J connectivity index is 2.15. The maximum absolute atomic E-state index is 10.5. The molecule has 0 bridgehead atoms. The van der Waals surface area contributed by atoms with Crippen molar-refractivity contribution in [1.82, 2.24) is 0 Å². The van der Waals surface area contributed by atoms with Gasteiger partial charge in [-0.15, -0.1) is 9.45 Å². The van der Waals surface area contributed by atoms with Crippen LogP contribution in [0.15, 0.2) is 63.7 Å². The van der Waals surface area contributed by atoms with Gasteiger partial charge in [-0.05, 0) is 37.3 Å². The minimum Gasteiger partial charge on any atom is -0.507 e. The summed E-state index contributed by atoms with van der Waals surface area (Å²) in [6.45, 7) is 1.72. The normalized spacial score (nSPS) is 11.4. The number of nitrogens with two attached hydrogens (primary N) is 1. The number of phenols is 1.